The molecule has 1 fully saturated rings. The fourth-order valence-electron chi connectivity index (χ4n) is 1.64. The van der Waals surface area contributed by atoms with Crippen molar-refractivity contribution in [3.8, 4) is 5.75 Å². The first-order chi connectivity index (χ1) is 9.69. The molecule has 0 unspecified atom stereocenters. The van der Waals surface area contributed by atoms with Crippen LogP contribution in [0.1, 0.15) is 18.4 Å². The number of rotatable bonds is 6. The van der Waals surface area contributed by atoms with E-state index in [1.165, 1.54) is 6.08 Å². The lowest BCUT2D eigenvalue weighted by Gasteiger charge is -2.04. The third-order valence-electron chi connectivity index (χ3n) is 2.83. The highest BCUT2D eigenvalue weighted by Gasteiger charge is 2.23. The van der Waals surface area contributed by atoms with Gasteiger partial charge in [-0.1, -0.05) is 18.2 Å². The van der Waals surface area contributed by atoms with Crippen molar-refractivity contribution in [3.63, 3.8) is 0 Å². The number of para-hydroxylation sites is 1. The molecule has 0 spiro atoms. The summed E-state index contributed by atoms with van der Waals surface area (Å²) >= 11 is 0. The first-order valence-corrected chi connectivity index (χ1v) is 6.46. The van der Waals surface area contributed by atoms with Crippen LogP contribution in [0.3, 0.4) is 0 Å². The minimum atomic E-state index is -0.554. The van der Waals surface area contributed by atoms with E-state index in [0.717, 1.165) is 18.4 Å². The Labute approximate surface area is 117 Å². The molecule has 1 aromatic rings. The second-order valence-electron chi connectivity index (χ2n) is 4.52. The molecule has 0 atom stereocenters. The van der Waals surface area contributed by atoms with Gasteiger partial charge in [0, 0.05) is 17.7 Å². The van der Waals surface area contributed by atoms with Gasteiger partial charge in [0.05, 0.1) is 7.11 Å². The molecule has 0 saturated heterocycles. The van der Waals surface area contributed by atoms with E-state index in [9.17, 15) is 9.59 Å². The molecule has 106 valence electrons. The van der Waals surface area contributed by atoms with Gasteiger partial charge < -0.3 is 14.8 Å². The molecular formula is C15H17NO4. The van der Waals surface area contributed by atoms with Crippen LogP contribution in [0.5, 0.6) is 5.75 Å². The molecule has 1 saturated carbocycles. The lowest BCUT2D eigenvalue weighted by molar-refractivity contribution is -0.143. The molecule has 0 aromatic heterocycles. The van der Waals surface area contributed by atoms with E-state index in [0.29, 0.717) is 5.75 Å². The van der Waals surface area contributed by atoms with Gasteiger partial charge in [0.15, 0.2) is 6.61 Å². The van der Waals surface area contributed by atoms with Crippen molar-refractivity contribution in [1.29, 1.82) is 0 Å². The Balaban J connectivity index is 1.80. The second kappa shape index (κ2) is 6.75. The SMILES string of the molecule is COc1ccccc1/C=C/C(=O)OCC(=O)NC1CC1. The topological polar surface area (TPSA) is 64.6 Å². The van der Waals surface area contributed by atoms with E-state index >= 15 is 0 Å². The number of ether oxygens (including phenoxy) is 2. The van der Waals surface area contributed by atoms with E-state index in [-0.39, 0.29) is 18.6 Å². The molecule has 0 bridgehead atoms. The van der Waals surface area contributed by atoms with E-state index in [4.69, 9.17) is 9.47 Å². The highest BCUT2D eigenvalue weighted by molar-refractivity contribution is 5.89. The van der Waals surface area contributed by atoms with Crippen LogP contribution in [0.4, 0.5) is 0 Å². The molecule has 1 aliphatic rings. The standard InChI is InChI=1S/C15H17NO4/c1-19-13-5-3-2-4-11(13)6-9-15(18)20-10-14(17)16-12-7-8-12/h2-6,9,12H,7-8,10H2,1H3,(H,16,17)/b9-6+. The summed E-state index contributed by atoms with van der Waals surface area (Å²) in [6.45, 7) is -0.244. The maximum absolute atomic E-state index is 11.5. The Morgan fingerprint density at radius 2 is 2.10 bits per heavy atom. The van der Waals surface area contributed by atoms with Crippen molar-refractivity contribution >= 4 is 18.0 Å². The predicted octanol–water partition coefficient (Wildman–Crippen LogP) is 1.53. The average molecular weight is 275 g/mol. The summed E-state index contributed by atoms with van der Waals surface area (Å²) in [5, 5.41) is 2.74. The van der Waals surface area contributed by atoms with Crippen LogP contribution in [0.15, 0.2) is 30.3 Å². The molecule has 5 nitrogen and oxygen atoms in total. The number of hydrogen-bond acceptors (Lipinski definition) is 4. The lowest BCUT2D eigenvalue weighted by Crippen LogP contribution is -2.30. The van der Waals surface area contributed by atoms with Gasteiger partial charge in [0.2, 0.25) is 0 Å². The average Bonchev–Trinajstić information content (AvgIpc) is 3.27. The summed E-state index contributed by atoms with van der Waals surface area (Å²) < 4.78 is 10.0. The Hall–Kier alpha value is -2.30. The smallest absolute Gasteiger partial charge is 0.331 e. The number of esters is 1. The van der Waals surface area contributed by atoms with Crippen LogP contribution in [-0.2, 0) is 14.3 Å². The minimum Gasteiger partial charge on any atom is -0.496 e. The number of carbonyl (C=O) groups is 2. The molecular weight excluding hydrogens is 258 g/mol. The molecule has 1 aliphatic carbocycles. The molecule has 0 heterocycles. The summed E-state index contributed by atoms with van der Waals surface area (Å²) in [5.41, 5.74) is 0.773. The molecule has 20 heavy (non-hydrogen) atoms. The summed E-state index contributed by atoms with van der Waals surface area (Å²) in [6, 6.07) is 7.58. The van der Waals surface area contributed by atoms with Crippen molar-refractivity contribution in [1.82, 2.24) is 5.32 Å². The van der Waals surface area contributed by atoms with Crippen molar-refractivity contribution in [3.05, 3.63) is 35.9 Å². The van der Waals surface area contributed by atoms with E-state index < -0.39 is 5.97 Å². The van der Waals surface area contributed by atoms with Crippen molar-refractivity contribution in [2.24, 2.45) is 0 Å². The molecule has 0 radical (unpaired) electrons. The third-order valence-corrected chi connectivity index (χ3v) is 2.83. The Morgan fingerprint density at radius 3 is 2.80 bits per heavy atom. The highest BCUT2D eigenvalue weighted by Crippen LogP contribution is 2.19. The molecule has 1 aromatic carbocycles. The van der Waals surface area contributed by atoms with E-state index in [2.05, 4.69) is 5.32 Å². The first-order valence-electron chi connectivity index (χ1n) is 6.46. The van der Waals surface area contributed by atoms with Gasteiger partial charge in [-0.2, -0.15) is 0 Å². The van der Waals surface area contributed by atoms with Crippen LogP contribution < -0.4 is 10.1 Å². The zero-order valence-corrected chi connectivity index (χ0v) is 11.3. The van der Waals surface area contributed by atoms with E-state index in [1.807, 2.05) is 18.2 Å². The first kappa shape index (κ1) is 14.1. The zero-order chi connectivity index (χ0) is 14.4. The van der Waals surface area contributed by atoms with Gasteiger partial charge in [-0.3, -0.25) is 4.79 Å². The van der Waals surface area contributed by atoms with Gasteiger partial charge in [-0.15, -0.1) is 0 Å². The number of methoxy groups -OCH3 is 1. The number of carbonyl (C=O) groups excluding carboxylic acids is 2. The fourth-order valence-corrected chi connectivity index (χ4v) is 1.64. The summed E-state index contributed by atoms with van der Waals surface area (Å²) in [7, 11) is 1.56. The lowest BCUT2D eigenvalue weighted by atomic mass is 10.2. The Kier molecular flexibility index (Phi) is 4.76. The van der Waals surface area contributed by atoms with Crippen molar-refractivity contribution in [2.75, 3.05) is 13.7 Å². The number of amides is 1. The van der Waals surface area contributed by atoms with Gasteiger partial charge in [0.25, 0.3) is 5.91 Å². The summed E-state index contributed by atoms with van der Waals surface area (Å²) in [4.78, 5) is 22.8. The predicted molar refractivity (Wildman–Crippen MR) is 74.2 cm³/mol. The van der Waals surface area contributed by atoms with E-state index in [1.54, 1.807) is 19.3 Å². The molecule has 0 aliphatic heterocycles. The highest BCUT2D eigenvalue weighted by atomic mass is 16.5. The minimum absolute atomic E-state index is 0.244. The van der Waals surface area contributed by atoms with Crippen molar-refractivity contribution in [2.45, 2.75) is 18.9 Å². The van der Waals surface area contributed by atoms with Crippen LogP contribution in [0, 0.1) is 0 Å². The Morgan fingerprint density at radius 1 is 1.35 bits per heavy atom. The van der Waals surface area contributed by atoms with Crippen LogP contribution >= 0.6 is 0 Å². The number of benzene rings is 1. The number of hydrogen-bond donors (Lipinski definition) is 1. The van der Waals surface area contributed by atoms with Gasteiger partial charge in [-0.05, 0) is 25.0 Å². The molecule has 5 heteroatoms. The molecule has 1 N–H and O–H groups in total. The van der Waals surface area contributed by atoms with Crippen molar-refractivity contribution < 1.29 is 19.1 Å². The third kappa shape index (κ3) is 4.42. The maximum atomic E-state index is 11.5. The Bertz CT molecular complexity index is 520. The van der Waals surface area contributed by atoms with Gasteiger partial charge in [0.1, 0.15) is 5.75 Å². The van der Waals surface area contributed by atoms with Crippen LogP contribution in [-0.4, -0.2) is 31.6 Å². The zero-order valence-electron chi connectivity index (χ0n) is 11.3. The quantitative estimate of drug-likeness (QED) is 0.631. The van der Waals surface area contributed by atoms with Gasteiger partial charge in [-0.25, -0.2) is 4.79 Å². The van der Waals surface area contributed by atoms with Crippen LogP contribution in [0.25, 0.3) is 6.08 Å². The monoisotopic (exact) mass is 275 g/mol. The fraction of sp³-hybridized carbons (Fsp3) is 0.333. The number of nitrogens with one attached hydrogen (secondary N) is 1. The normalized spacial score (nSPS) is 14.1. The molecule has 1 amide bonds. The maximum Gasteiger partial charge on any atom is 0.331 e. The largest absolute Gasteiger partial charge is 0.496 e. The molecule has 2 rings (SSSR count). The summed E-state index contributed by atoms with van der Waals surface area (Å²) in [5.74, 6) is -0.142. The summed E-state index contributed by atoms with van der Waals surface area (Å²) in [6.07, 6.45) is 4.89. The van der Waals surface area contributed by atoms with Gasteiger partial charge >= 0.3 is 5.97 Å². The van der Waals surface area contributed by atoms with Crippen LogP contribution in [0.2, 0.25) is 0 Å². The second-order valence-corrected chi connectivity index (χ2v) is 4.52.